The number of anilines is 1. The van der Waals surface area contributed by atoms with Gasteiger partial charge in [0.2, 0.25) is 0 Å². The predicted octanol–water partition coefficient (Wildman–Crippen LogP) is -0.561. The third kappa shape index (κ3) is 2.65. The van der Waals surface area contributed by atoms with Gasteiger partial charge in [0.15, 0.2) is 5.43 Å². The van der Waals surface area contributed by atoms with E-state index in [0.29, 0.717) is 12.6 Å². The maximum atomic E-state index is 11.8. The highest BCUT2D eigenvalue weighted by atomic mass is 16.2. The molecule has 1 saturated heterocycles. The zero-order valence-corrected chi connectivity index (χ0v) is 9.45. The van der Waals surface area contributed by atoms with Crippen LogP contribution in [0.1, 0.15) is 23.2 Å². The standard InChI is InChI=1S/C11H16N4O2/c12-10-9(8(16)3-5-14-10)11(17)15-6-7-2-1-4-13-7/h3,5,7,13H,1-2,4,6H2,(H,15,17)(H3,12,14,16). The molecule has 0 spiro atoms. The van der Waals surface area contributed by atoms with Gasteiger partial charge in [0.25, 0.3) is 5.91 Å². The Labute approximate surface area is 98.6 Å². The van der Waals surface area contributed by atoms with Crippen molar-refractivity contribution >= 4 is 11.7 Å². The van der Waals surface area contributed by atoms with Crippen LogP contribution in [0.15, 0.2) is 17.1 Å². The van der Waals surface area contributed by atoms with Gasteiger partial charge in [-0.15, -0.1) is 0 Å². The molecule has 6 heteroatoms. The second kappa shape index (κ2) is 5.01. The van der Waals surface area contributed by atoms with Crippen molar-refractivity contribution in [3.63, 3.8) is 0 Å². The molecule has 5 N–H and O–H groups in total. The maximum Gasteiger partial charge on any atom is 0.259 e. The molecule has 1 aromatic rings. The summed E-state index contributed by atoms with van der Waals surface area (Å²) in [6, 6.07) is 1.59. The van der Waals surface area contributed by atoms with Crippen LogP contribution in [0, 0.1) is 0 Å². The highest BCUT2D eigenvalue weighted by molar-refractivity contribution is 5.98. The van der Waals surface area contributed by atoms with Crippen LogP contribution in [0.5, 0.6) is 0 Å². The molecule has 0 aromatic carbocycles. The summed E-state index contributed by atoms with van der Waals surface area (Å²) in [6.07, 6.45) is 3.59. The number of nitrogen functional groups attached to an aromatic ring is 1. The summed E-state index contributed by atoms with van der Waals surface area (Å²) in [5.74, 6) is -0.313. The zero-order valence-electron chi connectivity index (χ0n) is 9.45. The van der Waals surface area contributed by atoms with Crippen molar-refractivity contribution in [3.05, 3.63) is 28.0 Å². The van der Waals surface area contributed by atoms with E-state index in [0.717, 1.165) is 19.4 Å². The lowest BCUT2D eigenvalue weighted by atomic mass is 10.2. The lowest BCUT2D eigenvalue weighted by Crippen LogP contribution is -2.39. The summed E-state index contributed by atoms with van der Waals surface area (Å²) in [5.41, 5.74) is 5.20. The number of amides is 1. The van der Waals surface area contributed by atoms with Gasteiger partial charge < -0.3 is 21.4 Å². The molecule has 0 saturated carbocycles. The minimum atomic E-state index is -0.418. The molecule has 1 fully saturated rings. The fraction of sp³-hybridized carbons (Fsp3) is 0.455. The first-order valence-corrected chi connectivity index (χ1v) is 5.67. The summed E-state index contributed by atoms with van der Waals surface area (Å²) >= 11 is 0. The fourth-order valence-electron chi connectivity index (χ4n) is 1.96. The number of hydrogen-bond acceptors (Lipinski definition) is 4. The molecule has 92 valence electrons. The number of carbonyl (C=O) groups excluding carboxylic acids is 1. The average Bonchev–Trinajstić information content (AvgIpc) is 2.79. The second-order valence-electron chi connectivity index (χ2n) is 4.13. The first-order valence-electron chi connectivity index (χ1n) is 5.67. The third-order valence-electron chi connectivity index (χ3n) is 2.89. The molecule has 17 heavy (non-hydrogen) atoms. The molecule has 1 aliphatic heterocycles. The molecule has 0 radical (unpaired) electrons. The van der Waals surface area contributed by atoms with Gasteiger partial charge in [-0.2, -0.15) is 0 Å². The Morgan fingerprint density at radius 1 is 1.59 bits per heavy atom. The van der Waals surface area contributed by atoms with Gasteiger partial charge in [0.1, 0.15) is 11.4 Å². The molecule has 1 amide bonds. The van der Waals surface area contributed by atoms with Crippen LogP contribution in [0.2, 0.25) is 0 Å². The first-order chi connectivity index (χ1) is 8.18. The van der Waals surface area contributed by atoms with Crippen molar-refractivity contribution in [2.75, 3.05) is 18.8 Å². The summed E-state index contributed by atoms with van der Waals surface area (Å²) in [6.45, 7) is 1.50. The number of carbonyl (C=O) groups is 1. The molecular formula is C11H16N4O2. The second-order valence-corrected chi connectivity index (χ2v) is 4.13. The predicted molar refractivity (Wildman–Crippen MR) is 64.8 cm³/mol. The first kappa shape index (κ1) is 11.7. The van der Waals surface area contributed by atoms with Gasteiger partial charge in [0.05, 0.1) is 0 Å². The molecule has 0 bridgehead atoms. The molecule has 1 unspecified atom stereocenters. The molecule has 1 aliphatic rings. The Morgan fingerprint density at radius 3 is 3.06 bits per heavy atom. The summed E-state index contributed by atoms with van der Waals surface area (Å²) in [5, 5.41) is 5.98. The van der Waals surface area contributed by atoms with E-state index in [1.807, 2.05) is 0 Å². The number of aromatic amines is 1. The number of aromatic nitrogens is 1. The fourth-order valence-corrected chi connectivity index (χ4v) is 1.96. The van der Waals surface area contributed by atoms with Crippen molar-refractivity contribution < 1.29 is 4.79 Å². The molecule has 6 nitrogen and oxygen atoms in total. The van der Waals surface area contributed by atoms with E-state index in [4.69, 9.17) is 5.73 Å². The van der Waals surface area contributed by atoms with Crippen LogP contribution >= 0.6 is 0 Å². The van der Waals surface area contributed by atoms with E-state index in [9.17, 15) is 9.59 Å². The minimum Gasteiger partial charge on any atom is -0.384 e. The van der Waals surface area contributed by atoms with Crippen LogP contribution in [0.4, 0.5) is 5.82 Å². The van der Waals surface area contributed by atoms with E-state index in [1.165, 1.54) is 12.3 Å². The summed E-state index contributed by atoms with van der Waals surface area (Å²) in [7, 11) is 0. The van der Waals surface area contributed by atoms with Gasteiger partial charge in [0, 0.05) is 24.8 Å². The van der Waals surface area contributed by atoms with Gasteiger partial charge in [-0.1, -0.05) is 0 Å². The Hall–Kier alpha value is -1.82. The maximum absolute atomic E-state index is 11.8. The number of pyridine rings is 1. The van der Waals surface area contributed by atoms with Crippen molar-refractivity contribution in [1.82, 2.24) is 15.6 Å². The highest BCUT2D eigenvalue weighted by Gasteiger charge is 2.18. The Kier molecular flexibility index (Phi) is 3.43. The SMILES string of the molecule is Nc1[nH]ccc(=O)c1C(=O)NCC1CCCN1. The third-order valence-corrected chi connectivity index (χ3v) is 2.89. The number of nitrogens with one attached hydrogen (secondary N) is 3. The number of H-pyrrole nitrogens is 1. The Morgan fingerprint density at radius 2 is 2.41 bits per heavy atom. The number of hydrogen-bond donors (Lipinski definition) is 4. The number of nitrogens with two attached hydrogens (primary N) is 1. The van der Waals surface area contributed by atoms with Crippen molar-refractivity contribution in [2.24, 2.45) is 0 Å². The van der Waals surface area contributed by atoms with Crippen molar-refractivity contribution in [3.8, 4) is 0 Å². The molecule has 2 rings (SSSR count). The largest absolute Gasteiger partial charge is 0.384 e. The highest BCUT2D eigenvalue weighted by Crippen LogP contribution is 2.05. The Bertz CT molecular complexity index is 463. The van der Waals surface area contributed by atoms with Gasteiger partial charge in [-0.3, -0.25) is 9.59 Å². The van der Waals surface area contributed by atoms with Gasteiger partial charge in [-0.25, -0.2) is 0 Å². The molecule has 0 aliphatic carbocycles. The van der Waals surface area contributed by atoms with Crippen LogP contribution in [-0.4, -0.2) is 30.0 Å². The molecular weight excluding hydrogens is 220 g/mol. The van der Waals surface area contributed by atoms with E-state index in [1.54, 1.807) is 0 Å². The lowest BCUT2D eigenvalue weighted by molar-refractivity contribution is 0.0950. The normalized spacial score (nSPS) is 19.2. The zero-order chi connectivity index (χ0) is 12.3. The van der Waals surface area contributed by atoms with Crippen molar-refractivity contribution in [2.45, 2.75) is 18.9 Å². The van der Waals surface area contributed by atoms with E-state index >= 15 is 0 Å². The van der Waals surface area contributed by atoms with Gasteiger partial charge >= 0.3 is 0 Å². The smallest absolute Gasteiger partial charge is 0.259 e. The summed E-state index contributed by atoms with van der Waals surface area (Å²) in [4.78, 5) is 26.0. The molecule has 1 atom stereocenters. The van der Waals surface area contributed by atoms with Crippen LogP contribution < -0.4 is 21.8 Å². The van der Waals surface area contributed by atoms with Crippen LogP contribution in [0.25, 0.3) is 0 Å². The number of rotatable bonds is 3. The quantitative estimate of drug-likeness (QED) is 0.565. The van der Waals surface area contributed by atoms with Crippen molar-refractivity contribution in [1.29, 1.82) is 0 Å². The average molecular weight is 236 g/mol. The lowest BCUT2D eigenvalue weighted by Gasteiger charge is -2.11. The van der Waals surface area contributed by atoms with E-state index in [2.05, 4.69) is 15.6 Å². The Balaban J connectivity index is 2.01. The van der Waals surface area contributed by atoms with E-state index < -0.39 is 5.91 Å². The molecule has 2 heterocycles. The van der Waals surface area contributed by atoms with E-state index in [-0.39, 0.29) is 16.8 Å². The monoisotopic (exact) mass is 236 g/mol. The van der Waals surface area contributed by atoms with Crippen LogP contribution in [-0.2, 0) is 0 Å². The minimum absolute atomic E-state index is 0.00880. The van der Waals surface area contributed by atoms with Gasteiger partial charge in [-0.05, 0) is 19.4 Å². The summed E-state index contributed by atoms with van der Waals surface area (Å²) < 4.78 is 0. The van der Waals surface area contributed by atoms with Crippen LogP contribution in [0.3, 0.4) is 0 Å². The molecule has 1 aromatic heterocycles. The topological polar surface area (TPSA) is 100 Å².